The molecule has 2 heteroatoms. The van der Waals surface area contributed by atoms with Crippen molar-refractivity contribution in [3.8, 4) is 0 Å². The van der Waals surface area contributed by atoms with Crippen molar-refractivity contribution in [2.45, 2.75) is 6.42 Å². The highest BCUT2D eigenvalue weighted by Crippen LogP contribution is 2.13. The Hall–Kier alpha value is -1.57. The number of benzene rings is 1. The van der Waals surface area contributed by atoms with Crippen LogP contribution in [0.5, 0.6) is 0 Å². The quantitative estimate of drug-likeness (QED) is 0.614. The molecule has 0 unspecified atom stereocenters. The molecule has 1 aromatic carbocycles. The lowest BCUT2D eigenvalue weighted by molar-refractivity contribution is 1.07. The fourth-order valence-electron chi connectivity index (χ4n) is 1.89. The fourth-order valence-corrected chi connectivity index (χ4v) is 1.89. The lowest BCUT2D eigenvalue weighted by Crippen LogP contribution is -2.23. The molecule has 3 rings (SSSR count). The maximum Gasteiger partial charge on any atom is 0.0723 e. The van der Waals surface area contributed by atoms with Crippen molar-refractivity contribution in [3.63, 3.8) is 0 Å². The second-order valence-corrected chi connectivity index (χ2v) is 3.33. The third-order valence-corrected chi connectivity index (χ3v) is 2.52. The number of anilines is 1. The molecule has 2 aliphatic rings. The molecule has 1 aromatic rings. The molecule has 0 atom stereocenters. The highest BCUT2D eigenvalue weighted by Gasteiger charge is 2.08. The van der Waals surface area contributed by atoms with Crippen LogP contribution in [0, 0.1) is 0 Å². The van der Waals surface area contributed by atoms with E-state index in [-0.39, 0.29) is 0 Å². The number of rotatable bonds is 0. The molecule has 0 aromatic heterocycles. The van der Waals surface area contributed by atoms with Gasteiger partial charge in [0.2, 0.25) is 0 Å². The van der Waals surface area contributed by atoms with Crippen molar-refractivity contribution >= 4 is 17.8 Å². The van der Waals surface area contributed by atoms with E-state index in [0.29, 0.717) is 0 Å². The molecule has 0 bridgehead atoms. The molecular weight excluding hydrogens is 160 g/mol. The number of nitrogens with one attached hydrogen (secondary N) is 1. The van der Waals surface area contributed by atoms with Crippen LogP contribution in [0.1, 0.15) is 12.0 Å². The molecule has 0 spiro atoms. The van der Waals surface area contributed by atoms with E-state index in [1.165, 1.54) is 16.5 Å². The summed E-state index contributed by atoms with van der Waals surface area (Å²) >= 11 is 0. The van der Waals surface area contributed by atoms with E-state index in [2.05, 4.69) is 34.6 Å². The average molecular weight is 170 g/mol. The Labute approximate surface area is 76.3 Å². The molecule has 2 aliphatic heterocycles. The molecule has 13 heavy (non-hydrogen) atoms. The Balaban J connectivity index is 2.43. The number of fused-ring (bicyclic) bond motifs is 3. The predicted molar refractivity (Wildman–Crippen MR) is 53.8 cm³/mol. The van der Waals surface area contributed by atoms with Crippen LogP contribution in [-0.2, 0) is 0 Å². The molecule has 0 radical (unpaired) electrons. The molecule has 0 saturated heterocycles. The molecule has 0 saturated carbocycles. The first-order valence-electron chi connectivity index (χ1n) is 4.56. The zero-order valence-electron chi connectivity index (χ0n) is 7.25. The Bertz CT molecular complexity index is 498. The topological polar surface area (TPSA) is 24.4 Å². The summed E-state index contributed by atoms with van der Waals surface area (Å²) in [6.45, 7) is 1.04. The van der Waals surface area contributed by atoms with Crippen LogP contribution in [0.2, 0.25) is 0 Å². The minimum atomic E-state index is 1.04. The summed E-state index contributed by atoms with van der Waals surface area (Å²) in [4.78, 5) is 4.27. The predicted octanol–water partition coefficient (Wildman–Crippen LogP) is 0.887. The maximum atomic E-state index is 4.27. The number of hydrogen-bond donors (Lipinski definition) is 1. The molecule has 0 aliphatic carbocycles. The third-order valence-electron chi connectivity index (χ3n) is 2.52. The van der Waals surface area contributed by atoms with Crippen molar-refractivity contribution in [1.29, 1.82) is 0 Å². The number of hydrogen-bond acceptors (Lipinski definition) is 2. The van der Waals surface area contributed by atoms with Crippen LogP contribution in [0.3, 0.4) is 0 Å². The van der Waals surface area contributed by atoms with Crippen LogP contribution in [-0.4, -0.2) is 6.54 Å². The lowest BCUT2D eigenvalue weighted by atomic mass is 10.1. The highest BCUT2D eigenvalue weighted by atomic mass is 14.9. The van der Waals surface area contributed by atoms with Crippen LogP contribution in [0.25, 0.3) is 12.2 Å². The van der Waals surface area contributed by atoms with Gasteiger partial charge in [0.25, 0.3) is 0 Å². The maximum absolute atomic E-state index is 4.27. The van der Waals surface area contributed by atoms with Crippen molar-refractivity contribution in [3.05, 3.63) is 34.5 Å². The van der Waals surface area contributed by atoms with Gasteiger partial charge < -0.3 is 5.32 Å². The third kappa shape index (κ3) is 0.917. The van der Waals surface area contributed by atoms with E-state index in [4.69, 9.17) is 0 Å². The summed E-state index contributed by atoms with van der Waals surface area (Å²) in [5.41, 5.74) is 2.50. The summed E-state index contributed by atoms with van der Waals surface area (Å²) < 4.78 is 0. The lowest BCUT2D eigenvalue weighted by Gasteiger charge is -2.13. The molecule has 2 nitrogen and oxygen atoms in total. The van der Waals surface area contributed by atoms with Gasteiger partial charge in [0.15, 0.2) is 0 Å². The molecule has 1 N–H and O–H groups in total. The number of nitrogens with zero attached hydrogens (tertiary/aromatic N) is 1. The second-order valence-electron chi connectivity index (χ2n) is 3.33. The van der Waals surface area contributed by atoms with Crippen molar-refractivity contribution in [1.82, 2.24) is 0 Å². The first-order valence-corrected chi connectivity index (χ1v) is 4.56. The van der Waals surface area contributed by atoms with Crippen molar-refractivity contribution in [2.24, 2.45) is 4.99 Å². The average Bonchev–Trinajstić information content (AvgIpc) is 2.65. The Morgan fingerprint density at radius 2 is 2.31 bits per heavy atom. The summed E-state index contributed by atoms with van der Waals surface area (Å²) in [6.07, 6.45) is 7.33. The fraction of sp³-hybridized carbons (Fsp3) is 0.182. The Morgan fingerprint density at radius 1 is 1.31 bits per heavy atom. The van der Waals surface area contributed by atoms with E-state index in [1.54, 1.807) is 0 Å². The molecule has 0 fully saturated rings. The summed E-state index contributed by atoms with van der Waals surface area (Å²) in [5, 5.41) is 5.82. The SMILES string of the molecule is C1=Cc2c3c(ccc2=N1)=CCCN3. The van der Waals surface area contributed by atoms with Gasteiger partial charge in [-0.25, -0.2) is 0 Å². The first kappa shape index (κ1) is 6.89. The van der Waals surface area contributed by atoms with Gasteiger partial charge >= 0.3 is 0 Å². The van der Waals surface area contributed by atoms with Gasteiger partial charge in [0.05, 0.1) is 11.0 Å². The Morgan fingerprint density at radius 3 is 3.31 bits per heavy atom. The van der Waals surface area contributed by atoms with Gasteiger partial charge in [-0.05, 0) is 23.8 Å². The second kappa shape index (κ2) is 2.46. The molecule has 64 valence electrons. The standard InChI is InChI=1S/C11H10N2/c1-2-8-3-4-10-9(5-7-12-10)11(8)13-6-1/h2-5,7,13H,1,6H2. The summed E-state index contributed by atoms with van der Waals surface area (Å²) in [7, 11) is 0. The minimum Gasteiger partial charge on any atom is -0.384 e. The van der Waals surface area contributed by atoms with Gasteiger partial charge in [-0.15, -0.1) is 0 Å². The molecule has 0 amide bonds. The van der Waals surface area contributed by atoms with E-state index >= 15 is 0 Å². The Kier molecular flexibility index (Phi) is 1.30. The van der Waals surface area contributed by atoms with Crippen LogP contribution in [0.15, 0.2) is 23.3 Å². The van der Waals surface area contributed by atoms with Crippen LogP contribution >= 0.6 is 0 Å². The highest BCUT2D eigenvalue weighted by molar-refractivity contribution is 5.70. The minimum absolute atomic E-state index is 1.04. The van der Waals surface area contributed by atoms with Gasteiger partial charge in [-0.3, -0.25) is 4.99 Å². The normalized spacial score (nSPS) is 16.6. The van der Waals surface area contributed by atoms with Gasteiger partial charge in [0.1, 0.15) is 0 Å². The monoisotopic (exact) mass is 170 g/mol. The molecular formula is C11H10N2. The van der Waals surface area contributed by atoms with E-state index in [9.17, 15) is 0 Å². The smallest absolute Gasteiger partial charge is 0.0723 e. The van der Waals surface area contributed by atoms with Crippen LogP contribution in [0.4, 0.5) is 5.69 Å². The van der Waals surface area contributed by atoms with Crippen LogP contribution < -0.4 is 15.9 Å². The van der Waals surface area contributed by atoms with Gasteiger partial charge in [-0.2, -0.15) is 0 Å². The largest absolute Gasteiger partial charge is 0.384 e. The van der Waals surface area contributed by atoms with E-state index in [1.807, 2.05) is 6.20 Å². The zero-order chi connectivity index (χ0) is 8.67. The zero-order valence-corrected chi connectivity index (χ0v) is 7.25. The van der Waals surface area contributed by atoms with Crippen molar-refractivity contribution in [2.75, 3.05) is 11.9 Å². The first-order chi connectivity index (χ1) is 6.45. The molecule has 2 heterocycles. The van der Waals surface area contributed by atoms with E-state index < -0.39 is 0 Å². The van der Waals surface area contributed by atoms with Gasteiger partial charge in [0, 0.05) is 18.3 Å². The van der Waals surface area contributed by atoms with E-state index in [0.717, 1.165) is 18.3 Å². The van der Waals surface area contributed by atoms with Crippen molar-refractivity contribution < 1.29 is 0 Å². The summed E-state index contributed by atoms with van der Waals surface area (Å²) in [6, 6.07) is 4.22. The van der Waals surface area contributed by atoms with Gasteiger partial charge in [-0.1, -0.05) is 12.1 Å². The summed E-state index contributed by atoms with van der Waals surface area (Å²) in [5.74, 6) is 0.